The molecule has 1 heterocycles. The summed E-state index contributed by atoms with van der Waals surface area (Å²) in [5, 5.41) is 0. The molecule has 0 spiro atoms. The number of methoxy groups -OCH3 is 1. The molecule has 0 radical (unpaired) electrons. The van der Waals surface area contributed by atoms with Gasteiger partial charge in [0.25, 0.3) is 5.92 Å². The molecule has 0 aromatic rings. The Bertz CT molecular complexity index is 396. The maximum absolute atomic E-state index is 14.8. The van der Waals surface area contributed by atoms with E-state index in [1.807, 2.05) is 11.9 Å². The summed E-state index contributed by atoms with van der Waals surface area (Å²) in [6.07, 6.45) is 0.444. The highest BCUT2D eigenvalue weighted by molar-refractivity contribution is 5.17. The normalized spacial score (nSPS) is 53.3. The Hall–Kier alpha value is -0.340. The molecule has 1 saturated heterocycles. The lowest BCUT2D eigenvalue weighted by Crippen LogP contribution is -2.75. The van der Waals surface area contributed by atoms with Crippen LogP contribution in [0.1, 0.15) is 6.42 Å². The molecule has 3 aliphatic rings. The van der Waals surface area contributed by atoms with Crippen LogP contribution in [0.2, 0.25) is 0 Å². The maximum Gasteiger partial charge on any atom is 0.257 e. The quantitative estimate of drug-likeness (QED) is 0.651. The molecule has 0 aromatic carbocycles. The Morgan fingerprint density at radius 3 is 2.19 bits per heavy atom. The predicted molar refractivity (Wildman–Crippen MR) is 75.7 cm³/mol. The number of ether oxygens (including phenoxy) is 1. The minimum Gasteiger partial charge on any atom is -0.381 e. The van der Waals surface area contributed by atoms with E-state index in [4.69, 9.17) is 21.9 Å². The number of rotatable bonds is 3. The maximum atomic E-state index is 14.8. The van der Waals surface area contributed by atoms with Crippen LogP contribution in [0.15, 0.2) is 0 Å². The highest BCUT2D eigenvalue weighted by atomic mass is 19.3. The fourth-order valence-corrected chi connectivity index (χ4v) is 4.78. The third kappa shape index (κ3) is 2.13. The largest absolute Gasteiger partial charge is 0.381 e. The van der Waals surface area contributed by atoms with E-state index in [1.165, 1.54) is 0 Å². The Kier molecular flexibility index (Phi) is 3.77. The molecule has 8 unspecified atom stereocenters. The van der Waals surface area contributed by atoms with E-state index in [-0.39, 0.29) is 30.0 Å². The number of hydrogen-bond acceptors (Lipinski definition) is 5. The number of alkyl halides is 2. The Morgan fingerprint density at radius 2 is 1.76 bits per heavy atom. The summed E-state index contributed by atoms with van der Waals surface area (Å²) in [7, 11) is 3.45. The van der Waals surface area contributed by atoms with Crippen LogP contribution in [0.5, 0.6) is 0 Å². The number of nitrogens with zero attached hydrogens (tertiary/aromatic N) is 1. The van der Waals surface area contributed by atoms with Crippen molar-refractivity contribution in [1.29, 1.82) is 0 Å². The van der Waals surface area contributed by atoms with Crippen molar-refractivity contribution < 1.29 is 13.5 Å². The molecule has 5 nitrogen and oxygen atoms in total. The van der Waals surface area contributed by atoms with Crippen LogP contribution in [0.3, 0.4) is 0 Å². The average Bonchev–Trinajstić information content (AvgIpc) is 2.71. The molecule has 6 N–H and O–H groups in total. The van der Waals surface area contributed by atoms with E-state index in [1.54, 1.807) is 7.11 Å². The molecule has 0 amide bonds. The first-order valence-corrected chi connectivity index (χ1v) is 7.65. The van der Waals surface area contributed by atoms with Gasteiger partial charge < -0.3 is 26.8 Å². The van der Waals surface area contributed by atoms with Gasteiger partial charge in [-0.15, -0.1) is 0 Å². The molecule has 3 fully saturated rings. The number of likely N-dealkylation sites (tertiary alicyclic amines) is 1. The molecular formula is C14H26F2N4O. The van der Waals surface area contributed by atoms with Crippen molar-refractivity contribution in [2.45, 2.75) is 36.6 Å². The van der Waals surface area contributed by atoms with Gasteiger partial charge in [0.1, 0.15) is 0 Å². The van der Waals surface area contributed by atoms with Gasteiger partial charge in [-0.05, 0) is 19.4 Å². The minimum atomic E-state index is -2.80. The second kappa shape index (κ2) is 5.09. The van der Waals surface area contributed by atoms with E-state index < -0.39 is 23.8 Å². The molecule has 122 valence electrons. The summed E-state index contributed by atoms with van der Waals surface area (Å²) >= 11 is 0. The summed E-state index contributed by atoms with van der Waals surface area (Å²) in [5.41, 5.74) is 18.1. The first-order valence-electron chi connectivity index (χ1n) is 7.65. The molecule has 0 bridgehead atoms. The van der Waals surface area contributed by atoms with Gasteiger partial charge in [0, 0.05) is 56.1 Å². The minimum absolute atomic E-state index is 0.192. The van der Waals surface area contributed by atoms with Crippen molar-refractivity contribution in [2.75, 3.05) is 27.2 Å². The van der Waals surface area contributed by atoms with E-state index in [0.29, 0.717) is 19.5 Å². The fourth-order valence-electron chi connectivity index (χ4n) is 4.78. The van der Waals surface area contributed by atoms with Gasteiger partial charge in [-0.3, -0.25) is 0 Å². The number of likely N-dealkylation sites (N-methyl/N-ethyl adjacent to an activating group) is 1. The summed E-state index contributed by atoms with van der Waals surface area (Å²) < 4.78 is 34.8. The topological polar surface area (TPSA) is 90.5 Å². The van der Waals surface area contributed by atoms with Crippen LogP contribution in [-0.4, -0.2) is 62.3 Å². The lowest BCUT2D eigenvalue weighted by atomic mass is 9.51. The highest BCUT2D eigenvalue weighted by Crippen LogP contribution is 2.59. The first kappa shape index (κ1) is 15.6. The average molecular weight is 304 g/mol. The Morgan fingerprint density at radius 1 is 1.10 bits per heavy atom. The van der Waals surface area contributed by atoms with Gasteiger partial charge in [0.15, 0.2) is 0 Å². The van der Waals surface area contributed by atoms with Crippen LogP contribution in [-0.2, 0) is 4.74 Å². The number of hydrogen-bond donors (Lipinski definition) is 3. The molecule has 7 heteroatoms. The second-order valence-electron chi connectivity index (χ2n) is 7.10. The first-order chi connectivity index (χ1) is 9.78. The zero-order chi connectivity index (χ0) is 15.5. The molecule has 3 rings (SSSR count). The summed E-state index contributed by atoms with van der Waals surface area (Å²) in [6.45, 7) is 1.24. The molecular weight excluding hydrogens is 278 g/mol. The molecule has 2 saturated carbocycles. The van der Waals surface area contributed by atoms with Crippen LogP contribution in [0, 0.1) is 23.7 Å². The molecule has 8 atom stereocenters. The van der Waals surface area contributed by atoms with Crippen LogP contribution >= 0.6 is 0 Å². The Labute approximate surface area is 124 Å². The van der Waals surface area contributed by atoms with Crippen molar-refractivity contribution in [1.82, 2.24) is 4.90 Å². The number of nitrogens with two attached hydrogens (primary N) is 3. The van der Waals surface area contributed by atoms with Crippen LogP contribution in [0.4, 0.5) is 8.78 Å². The number of halogens is 2. The van der Waals surface area contributed by atoms with Crippen molar-refractivity contribution in [3.05, 3.63) is 0 Å². The lowest BCUT2D eigenvalue weighted by molar-refractivity contribution is -0.262. The summed E-state index contributed by atoms with van der Waals surface area (Å²) in [6, 6.07) is -1.01. The van der Waals surface area contributed by atoms with Crippen molar-refractivity contribution in [3.63, 3.8) is 0 Å². The van der Waals surface area contributed by atoms with Crippen LogP contribution in [0.25, 0.3) is 0 Å². The lowest BCUT2D eigenvalue weighted by Gasteiger charge is -2.60. The van der Waals surface area contributed by atoms with Crippen molar-refractivity contribution in [2.24, 2.45) is 40.9 Å². The van der Waals surface area contributed by atoms with Crippen LogP contribution < -0.4 is 17.2 Å². The third-order valence-corrected chi connectivity index (χ3v) is 5.92. The van der Waals surface area contributed by atoms with Gasteiger partial charge in [-0.1, -0.05) is 0 Å². The van der Waals surface area contributed by atoms with E-state index in [2.05, 4.69) is 0 Å². The van der Waals surface area contributed by atoms with Crippen molar-refractivity contribution in [3.8, 4) is 0 Å². The fraction of sp³-hybridized carbons (Fsp3) is 1.00. The van der Waals surface area contributed by atoms with E-state index in [9.17, 15) is 8.78 Å². The summed E-state index contributed by atoms with van der Waals surface area (Å²) in [4.78, 5) is 2.00. The summed E-state index contributed by atoms with van der Waals surface area (Å²) in [5.74, 6) is -5.10. The molecule has 2 aliphatic carbocycles. The van der Waals surface area contributed by atoms with Crippen molar-refractivity contribution >= 4 is 0 Å². The van der Waals surface area contributed by atoms with Gasteiger partial charge in [0.05, 0.1) is 6.10 Å². The smallest absolute Gasteiger partial charge is 0.257 e. The van der Waals surface area contributed by atoms with E-state index in [0.717, 1.165) is 0 Å². The van der Waals surface area contributed by atoms with Gasteiger partial charge >= 0.3 is 0 Å². The molecule has 1 aliphatic heterocycles. The van der Waals surface area contributed by atoms with Gasteiger partial charge in [0.2, 0.25) is 0 Å². The second-order valence-corrected chi connectivity index (χ2v) is 7.10. The van der Waals surface area contributed by atoms with E-state index >= 15 is 0 Å². The third-order valence-electron chi connectivity index (χ3n) is 5.92. The SMILES string of the molecule is COC1CC(N)C1C1C(N)C(C2CN(C)CC2N)C1(F)F. The zero-order valence-electron chi connectivity index (χ0n) is 12.6. The standard InChI is InChI=1S/C14H26F2N4O/c1-20-4-6(8(18)5-20)11-13(19)12(14(11,15)16)10-7(17)3-9(10)21-2/h6-13H,3-5,17-19H2,1-2H3. The molecule has 0 aromatic heterocycles. The van der Waals surface area contributed by atoms with Gasteiger partial charge in [-0.25, -0.2) is 8.78 Å². The van der Waals surface area contributed by atoms with Gasteiger partial charge in [-0.2, -0.15) is 0 Å². The Balaban J connectivity index is 1.76. The zero-order valence-corrected chi connectivity index (χ0v) is 12.6. The predicted octanol–water partition coefficient (Wildman–Crippen LogP) is -0.554. The highest BCUT2D eigenvalue weighted by Gasteiger charge is 2.71. The molecule has 21 heavy (non-hydrogen) atoms. The monoisotopic (exact) mass is 304 g/mol.